The molecular weight excluding hydrogens is 765 g/mol. The van der Waals surface area contributed by atoms with Gasteiger partial charge in [-0.15, -0.1) is 0 Å². The lowest BCUT2D eigenvalue weighted by Crippen LogP contribution is -2.51. The number of hydrogen-bond donors (Lipinski definition) is 5. The number of methoxy groups -OCH3 is 3. The van der Waals surface area contributed by atoms with Crippen LogP contribution >= 0.6 is 11.6 Å². The fourth-order valence-electron chi connectivity index (χ4n) is 5.21. The standard InChI is InChI=1S/C36H36ClF3N8O8/c1-53-25-13-6-21(27(16-25)54-2)17-41-29(50)30(51)42-18-26(31(52)55-3)44-28(49)20-4-11-24(12-5-20)43-32-45-33(47-34(46-32)56-19-36(38,39)40)48-35(14-15-35)22-7-9-23(37)10-8-22/h4-13,16,26H,14-15,17-19H2,1-3H3,(H,41,50)(H,42,51)(H,44,49)(H2,43,45,46,47,48)/t26-/m0/s1. The third kappa shape index (κ3) is 11.1. The highest BCUT2D eigenvalue weighted by Crippen LogP contribution is 2.48. The van der Waals surface area contributed by atoms with E-state index in [1.54, 1.807) is 30.3 Å². The number of amides is 3. The first-order valence-corrected chi connectivity index (χ1v) is 17.1. The largest absolute Gasteiger partial charge is 0.497 e. The minimum Gasteiger partial charge on any atom is -0.497 e. The van der Waals surface area contributed by atoms with Gasteiger partial charge in [0.1, 0.15) is 17.5 Å². The van der Waals surface area contributed by atoms with Crippen LogP contribution in [0.3, 0.4) is 0 Å². The van der Waals surface area contributed by atoms with Crippen molar-refractivity contribution in [2.75, 3.05) is 45.1 Å². The number of anilines is 3. The molecule has 0 bridgehead atoms. The summed E-state index contributed by atoms with van der Waals surface area (Å²) < 4.78 is 58.9. The average Bonchev–Trinajstić information content (AvgIpc) is 3.97. The molecule has 20 heteroatoms. The topological polar surface area (TPSA) is 204 Å². The molecule has 0 unspecified atom stereocenters. The van der Waals surface area contributed by atoms with Gasteiger partial charge in [-0.2, -0.15) is 28.1 Å². The summed E-state index contributed by atoms with van der Waals surface area (Å²) >= 11 is 6.03. The summed E-state index contributed by atoms with van der Waals surface area (Å²) in [6.07, 6.45) is -3.25. The van der Waals surface area contributed by atoms with Gasteiger partial charge in [-0.25, -0.2) is 4.79 Å². The lowest BCUT2D eigenvalue weighted by Gasteiger charge is -2.19. The van der Waals surface area contributed by atoms with Gasteiger partial charge < -0.3 is 45.5 Å². The third-order valence-electron chi connectivity index (χ3n) is 8.28. The summed E-state index contributed by atoms with van der Waals surface area (Å²) in [5, 5.41) is 13.8. The van der Waals surface area contributed by atoms with Crippen LogP contribution in [0.5, 0.6) is 17.5 Å². The van der Waals surface area contributed by atoms with E-state index in [9.17, 15) is 32.3 Å². The van der Waals surface area contributed by atoms with Crippen LogP contribution in [0.1, 0.15) is 34.3 Å². The highest BCUT2D eigenvalue weighted by Gasteiger charge is 2.45. The molecule has 16 nitrogen and oxygen atoms in total. The highest BCUT2D eigenvalue weighted by atomic mass is 35.5. The Morgan fingerprint density at radius 1 is 0.857 bits per heavy atom. The Hall–Kier alpha value is -6.37. The van der Waals surface area contributed by atoms with Crippen molar-refractivity contribution in [3.63, 3.8) is 0 Å². The third-order valence-corrected chi connectivity index (χ3v) is 8.53. The SMILES string of the molecule is COC(=O)[C@H](CNC(=O)C(=O)NCc1ccc(OC)cc1OC)NC(=O)c1ccc(Nc2nc(NC3(c4ccc(Cl)cc4)CC3)nc(OCC(F)(F)F)n2)cc1. The van der Waals surface area contributed by atoms with E-state index in [4.69, 9.17) is 30.5 Å². The molecule has 1 aliphatic carbocycles. The minimum atomic E-state index is -4.65. The summed E-state index contributed by atoms with van der Waals surface area (Å²) in [6, 6.07) is 15.7. The van der Waals surface area contributed by atoms with Gasteiger partial charge in [-0.05, 0) is 66.9 Å². The lowest BCUT2D eigenvalue weighted by molar-refractivity contribution is -0.154. The number of aromatic nitrogens is 3. The maximum Gasteiger partial charge on any atom is 0.422 e. The number of alkyl halides is 3. The van der Waals surface area contributed by atoms with Gasteiger partial charge in [-0.3, -0.25) is 14.4 Å². The Morgan fingerprint density at radius 2 is 1.54 bits per heavy atom. The van der Waals surface area contributed by atoms with Crippen molar-refractivity contribution < 1.29 is 51.3 Å². The molecule has 0 saturated heterocycles. The van der Waals surface area contributed by atoms with Crippen LogP contribution in [-0.4, -0.2) is 85.3 Å². The van der Waals surface area contributed by atoms with E-state index in [0.717, 1.165) is 12.7 Å². The number of hydrogen-bond acceptors (Lipinski definition) is 13. The van der Waals surface area contributed by atoms with Crippen LogP contribution in [0, 0.1) is 0 Å². The number of nitrogens with one attached hydrogen (secondary N) is 5. The summed E-state index contributed by atoms with van der Waals surface area (Å²) in [6.45, 7) is -2.17. The van der Waals surface area contributed by atoms with Gasteiger partial charge >= 0.3 is 30.0 Å². The Balaban J connectivity index is 1.21. The maximum atomic E-state index is 13.1. The van der Waals surface area contributed by atoms with Gasteiger partial charge in [0, 0.05) is 41.0 Å². The molecule has 1 heterocycles. The average molecular weight is 801 g/mol. The molecule has 3 amide bonds. The zero-order chi connectivity index (χ0) is 40.5. The molecule has 5 rings (SSSR count). The van der Waals surface area contributed by atoms with Crippen molar-refractivity contribution in [2.24, 2.45) is 0 Å². The smallest absolute Gasteiger partial charge is 0.422 e. The second-order valence-electron chi connectivity index (χ2n) is 12.2. The van der Waals surface area contributed by atoms with E-state index in [-0.39, 0.29) is 24.0 Å². The second-order valence-corrected chi connectivity index (χ2v) is 12.6. The Bertz CT molecular complexity index is 2050. The molecule has 0 aliphatic heterocycles. The molecule has 3 aromatic carbocycles. The normalized spacial score (nSPS) is 13.3. The van der Waals surface area contributed by atoms with Crippen LogP contribution in [0.15, 0.2) is 66.7 Å². The molecule has 1 aromatic heterocycles. The van der Waals surface area contributed by atoms with Gasteiger partial charge in [0.05, 0.1) is 26.9 Å². The molecule has 0 radical (unpaired) electrons. The molecule has 5 N–H and O–H groups in total. The fraction of sp³-hybridized carbons (Fsp3) is 0.306. The number of nitrogens with zero attached hydrogens (tertiary/aromatic N) is 3. The highest BCUT2D eigenvalue weighted by molar-refractivity contribution is 6.35. The van der Waals surface area contributed by atoms with Gasteiger partial charge in [0.2, 0.25) is 11.9 Å². The molecule has 1 saturated carbocycles. The van der Waals surface area contributed by atoms with E-state index in [1.807, 2.05) is 12.1 Å². The van der Waals surface area contributed by atoms with Gasteiger partial charge in [0.25, 0.3) is 5.91 Å². The van der Waals surface area contributed by atoms with E-state index < -0.39 is 60.6 Å². The zero-order valence-corrected chi connectivity index (χ0v) is 30.8. The van der Waals surface area contributed by atoms with Crippen molar-refractivity contribution in [1.82, 2.24) is 30.9 Å². The first-order valence-electron chi connectivity index (χ1n) is 16.7. The zero-order valence-electron chi connectivity index (χ0n) is 30.1. The second kappa shape index (κ2) is 17.8. The van der Waals surface area contributed by atoms with E-state index in [1.165, 1.54) is 38.5 Å². The maximum absolute atomic E-state index is 13.1. The predicted octanol–water partition coefficient (Wildman–Crippen LogP) is 4.03. The quantitative estimate of drug-likeness (QED) is 0.0804. The molecule has 296 valence electrons. The van der Waals surface area contributed by atoms with Crippen molar-refractivity contribution in [1.29, 1.82) is 0 Å². The number of carbonyl (C=O) groups is 4. The Kier molecular flexibility index (Phi) is 13.0. The Labute approximate surface area is 322 Å². The monoisotopic (exact) mass is 800 g/mol. The minimum absolute atomic E-state index is 0.0426. The summed E-state index contributed by atoms with van der Waals surface area (Å²) in [5.41, 5.74) is 1.29. The molecule has 4 aromatic rings. The predicted molar refractivity (Wildman–Crippen MR) is 195 cm³/mol. The molecule has 1 atom stereocenters. The molecule has 1 aliphatic rings. The van der Waals surface area contributed by atoms with Gasteiger partial charge in [0.15, 0.2) is 6.61 Å². The number of ether oxygens (including phenoxy) is 4. The van der Waals surface area contributed by atoms with Crippen LogP contribution in [0.2, 0.25) is 5.02 Å². The van der Waals surface area contributed by atoms with Gasteiger partial charge in [-0.1, -0.05) is 23.7 Å². The molecule has 1 fully saturated rings. The van der Waals surface area contributed by atoms with E-state index in [2.05, 4.69) is 41.5 Å². The lowest BCUT2D eigenvalue weighted by atomic mass is 10.1. The fourth-order valence-corrected chi connectivity index (χ4v) is 5.34. The van der Waals surface area contributed by atoms with Crippen LogP contribution in [0.25, 0.3) is 0 Å². The van der Waals surface area contributed by atoms with E-state index in [0.29, 0.717) is 40.6 Å². The summed E-state index contributed by atoms with van der Waals surface area (Å²) in [5.74, 6) is -2.94. The number of esters is 1. The van der Waals surface area contributed by atoms with E-state index >= 15 is 0 Å². The summed E-state index contributed by atoms with van der Waals surface area (Å²) in [4.78, 5) is 62.9. The summed E-state index contributed by atoms with van der Waals surface area (Å²) in [7, 11) is 4.02. The van der Waals surface area contributed by atoms with Crippen molar-refractivity contribution in [3.8, 4) is 17.5 Å². The molecular formula is C36H36ClF3N8O8. The first-order chi connectivity index (χ1) is 26.7. The van der Waals surface area contributed by atoms with Crippen molar-refractivity contribution in [3.05, 3.63) is 88.4 Å². The number of benzene rings is 3. The number of rotatable bonds is 16. The van der Waals surface area contributed by atoms with Crippen LogP contribution < -0.4 is 40.8 Å². The van der Waals surface area contributed by atoms with Crippen molar-refractivity contribution in [2.45, 2.75) is 37.1 Å². The van der Waals surface area contributed by atoms with Crippen molar-refractivity contribution >= 4 is 52.9 Å². The number of halogens is 4. The number of carbonyl (C=O) groups excluding carboxylic acids is 4. The molecule has 56 heavy (non-hydrogen) atoms. The Morgan fingerprint density at radius 3 is 2.16 bits per heavy atom. The van der Waals surface area contributed by atoms with Crippen LogP contribution in [-0.2, 0) is 31.2 Å². The molecule has 0 spiro atoms. The van der Waals surface area contributed by atoms with Crippen LogP contribution in [0.4, 0.5) is 30.8 Å². The first kappa shape index (κ1) is 40.8.